The van der Waals surface area contributed by atoms with E-state index in [2.05, 4.69) is 45.5 Å². The lowest BCUT2D eigenvalue weighted by Gasteiger charge is -2.06. The molecule has 0 fully saturated rings. The van der Waals surface area contributed by atoms with Crippen molar-refractivity contribution >= 4 is 28.7 Å². The second-order valence-electron chi connectivity index (χ2n) is 6.85. The first kappa shape index (κ1) is 23.7. The Hall–Kier alpha value is -1.34. The first-order valence-electron chi connectivity index (χ1n) is 10.4. The number of amides is 2. The highest BCUT2D eigenvalue weighted by Crippen LogP contribution is 2.18. The van der Waals surface area contributed by atoms with Gasteiger partial charge in [-0.15, -0.1) is 0 Å². The zero-order valence-electron chi connectivity index (χ0n) is 16.9. The zero-order chi connectivity index (χ0) is 19.6. The number of urea groups is 1. The maximum Gasteiger partial charge on any atom is 0.314 e. The molecule has 1 heterocycles. The molecule has 1 aliphatic rings. The molecule has 1 aliphatic heterocycles. The van der Waals surface area contributed by atoms with Crippen molar-refractivity contribution in [1.29, 1.82) is 0 Å². The molecule has 0 aromatic carbocycles. The summed E-state index contributed by atoms with van der Waals surface area (Å²) in [7, 11) is -0.530. The number of unbranched alkanes of at least 4 members (excludes halogenated alkanes) is 8. The summed E-state index contributed by atoms with van der Waals surface area (Å²) in [6, 6.07) is -0.0310. The average Bonchev–Trinajstić information content (AvgIpc) is 3.08. The largest absolute Gasteiger partial charge is 0.338 e. The highest BCUT2D eigenvalue weighted by molar-refractivity contribution is 8.09. The highest BCUT2D eigenvalue weighted by Gasteiger charge is 2.07. The number of carbonyl (C=O) groups excluding carboxylic acids is 1. The lowest BCUT2D eigenvalue weighted by Crippen LogP contribution is -2.36. The molecule has 0 saturated carbocycles. The Morgan fingerprint density at radius 3 is 2.30 bits per heavy atom. The number of rotatable bonds is 16. The third kappa shape index (κ3) is 14.4. The van der Waals surface area contributed by atoms with E-state index in [4.69, 9.17) is 4.28 Å². The van der Waals surface area contributed by atoms with E-state index in [9.17, 15) is 4.79 Å². The van der Waals surface area contributed by atoms with E-state index in [0.29, 0.717) is 0 Å². The standard InChI is InChI=1S/C20H38N4O2S/c1-3-4-14-17-21-20(25)22-18-15-12-10-8-6-5-7-9-11-13-16-19-23-26-27(2)24-19/h6,8H,2-5,7,9-18H2,1H3,(H,23,24)(H2,21,22,25)/b8-6-. The number of nitrogens with one attached hydrogen (secondary N) is 3. The Labute approximate surface area is 167 Å². The van der Waals surface area contributed by atoms with E-state index in [1.165, 1.54) is 32.1 Å². The minimum Gasteiger partial charge on any atom is -0.338 e. The minimum atomic E-state index is -0.530. The molecular formula is C20H38N4O2S. The molecule has 0 saturated heterocycles. The van der Waals surface area contributed by atoms with Crippen LogP contribution in [-0.4, -0.2) is 30.8 Å². The summed E-state index contributed by atoms with van der Waals surface area (Å²) in [4.78, 5) is 11.5. The lowest BCUT2D eigenvalue weighted by atomic mass is 10.1. The molecule has 0 aromatic heterocycles. The number of nitrogens with zero attached hydrogens (tertiary/aromatic N) is 1. The molecule has 1 unspecified atom stereocenters. The van der Waals surface area contributed by atoms with Crippen LogP contribution in [-0.2, 0) is 4.28 Å². The van der Waals surface area contributed by atoms with Crippen molar-refractivity contribution in [3.63, 3.8) is 0 Å². The fraction of sp³-hybridized carbons (Fsp3) is 0.750. The minimum absolute atomic E-state index is 0.0310. The normalized spacial score (nSPS) is 16.3. The van der Waals surface area contributed by atoms with Crippen molar-refractivity contribution in [2.75, 3.05) is 13.1 Å². The summed E-state index contributed by atoms with van der Waals surface area (Å²) >= 11 is 0. The van der Waals surface area contributed by atoms with E-state index in [1.807, 2.05) is 0 Å². The first-order chi connectivity index (χ1) is 13.2. The van der Waals surface area contributed by atoms with Crippen molar-refractivity contribution in [2.45, 2.75) is 84.0 Å². The van der Waals surface area contributed by atoms with Gasteiger partial charge in [0.15, 0.2) is 0 Å². The van der Waals surface area contributed by atoms with Crippen LogP contribution in [0.15, 0.2) is 16.5 Å². The smallest absolute Gasteiger partial charge is 0.314 e. The van der Waals surface area contributed by atoms with Gasteiger partial charge in [-0.25, -0.2) is 10.3 Å². The quantitative estimate of drug-likeness (QED) is 0.194. The third-order valence-corrected chi connectivity index (χ3v) is 5.02. The maximum atomic E-state index is 11.5. The van der Waals surface area contributed by atoms with Crippen molar-refractivity contribution in [3.05, 3.63) is 12.2 Å². The fourth-order valence-electron chi connectivity index (χ4n) is 2.73. The van der Waals surface area contributed by atoms with E-state index >= 15 is 0 Å². The Bertz CT molecular complexity index is 481. The van der Waals surface area contributed by atoms with Gasteiger partial charge < -0.3 is 10.6 Å². The number of hydroxylamine groups is 1. The molecule has 0 bridgehead atoms. The topological polar surface area (TPSA) is 74.8 Å². The van der Waals surface area contributed by atoms with Gasteiger partial charge in [-0.3, -0.25) is 0 Å². The molecule has 0 radical (unpaired) electrons. The van der Waals surface area contributed by atoms with Gasteiger partial charge in [0.05, 0.1) is 11.0 Å². The second-order valence-corrected chi connectivity index (χ2v) is 7.85. The van der Waals surface area contributed by atoms with E-state index in [0.717, 1.165) is 63.9 Å². The predicted molar refractivity (Wildman–Crippen MR) is 118 cm³/mol. The number of amidine groups is 1. The molecule has 1 rings (SSSR count). The molecule has 3 N–H and O–H groups in total. The maximum absolute atomic E-state index is 11.5. The van der Waals surface area contributed by atoms with Crippen LogP contribution >= 0.6 is 11.0 Å². The summed E-state index contributed by atoms with van der Waals surface area (Å²) in [6.45, 7) is 3.70. The van der Waals surface area contributed by atoms with Gasteiger partial charge in [0.25, 0.3) is 0 Å². The van der Waals surface area contributed by atoms with Crippen LogP contribution < -0.4 is 16.1 Å². The monoisotopic (exact) mass is 398 g/mol. The molecular weight excluding hydrogens is 360 g/mol. The van der Waals surface area contributed by atoms with Gasteiger partial charge in [0, 0.05) is 19.5 Å². The number of carbonyl (C=O) groups is 1. The average molecular weight is 399 g/mol. The van der Waals surface area contributed by atoms with Gasteiger partial charge in [-0.2, -0.15) is 8.68 Å². The summed E-state index contributed by atoms with van der Waals surface area (Å²) in [5.41, 5.74) is 2.83. The molecule has 27 heavy (non-hydrogen) atoms. The highest BCUT2D eigenvalue weighted by atomic mass is 32.2. The number of allylic oxidation sites excluding steroid dienone is 2. The van der Waals surface area contributed by atoms with Crippen LogP contribution in [0, 0.1) is 0 Å². The summed E-state index contributed by atoms with van der Waals surface area (Å²) < 4.78 is 9.36. The van der Waals surface area contributed by atoms with Crippen molar-refractivity contribution < 1.29 is 9.08 Å². The number of hydrogen-bond donors (Lipinski definition) is 3. The van der Waals surface area contributed by atoms with Crippen LogP contribution in [0.3, 0.4) is 0 Å². The molecule has 7 heteroatoms. The van der Waals surface area contributed by atoms with Crippen molar-refractivity contribution in [3.8, 4) is 0 Å². The number of hydrogen-bond acceptors (Lipinski definition) is 4. The Balaban J connectivity index is 1.79. The fourth-order valence-corrected chi connectivity index (χ4v) is 3.33. The van der Waals surface area contributed by atoms with Crippen LogP contribution in [0.1, 0.15) is 84.0 Å². The van der Waals surface area contributed by atoms with Gasteiger partial charge in [-0.1, -0.05) is 44.8 Å². The first-order valence-corrected chi connectivity index (χ1v) is 11.7. The van der Waals surface area contributed by atoms with E-state index in [-0.39, 0.29) is 6.03 Å². The van der Waals surface area contributed by atoms with Gasteiger partial charge in [-0.05, 0) is 50.8 Å². The Morgan fingerprint density at radius 2 is 1.67 bits per heavy atom. The summed E-state index contributed by atoms with van der Waals surface area (Å²) in [5.74, 6) is 4.69. The van der Waals surface area contributed by atoms with Crippen molar-refractivity contribution in [2.24, 2.45) is 4.40 Å². The molecule has 0 aromatic rings. The van der Waals surface area contributed by atoms with E-state index in [1.54, 1.807) is 0 Å². The van der Waals surface area contributed by atoms with Crippen LogP contribution in [0.2, 0.25) is 0 Å². The molecule has 156 valence electrons. The zero-order valence-corrected chi connectivity index (χ0v) is 17.7. The third-order valence-electron chi connectivity index (χ3n) is 4.32. The van der Waals surface area contributed by atoms with E-state index < -0.39 is 11.0 Å². The second kappa shape index (κ2) is 16.8. The Kier molecular flexibility index (Phi) is 14.8. The molecule has 6 nitrogen and oxygen atoms in total. The lowest BCUT2D eigenvalue weighted by molar-refractivity contribution is 0.240. The molecule has 0 spiro atoms. The SMILES string of the molecule is C=S1N=C(CCCCCC/C=C\CCCCNC(=O)NCCCCC)NO1. The summed E-state index contributed by atoms with van der Waals surface area (Å²) in [6.07, 6.45) is 18.2. The molecule has 1 atom stereocenters. The van der Waals surface area contributed by atoms with Crippen LogP contribution in [0.4, 0.5) is 4.79 Å². The summed E-state index contributed by atoms with van der Waals surface area (Å²) in [5, 5.41) is 5.81. The van der Waals surface area contributed by atoms with Gasteiger partial charge in [0.2, 0.25) is 0 Å². The van der Waals surface area contributed by atoms with Crippen LogP contribution in [0.25, 0.3) is 0 Å². The predicted octanol–water partition coefficient (Wildman–Crippen LogP) is 5.01. The van der Waals surface area contributed by atoms with Crippen LogP contribution in [0.5, 0.6) is 0 Å². The molecule has 2 amide bonds. The molecule has 0 aliphatic carbocycles. The van der Waals surface area contributed by atoms with Gasteiger partial charge in [0.1, 0.15) is 5.84 Å². The van der Waals surface area contributed by atoms with Crippen molar-refractivity contribution in [1.82, 2.24) is 16.1 Å². The Morgan fingerprint density at radius 1 is 1.04 bits per heavy atom. The van der Waals surface area contributed by atoms with Gasteiger partial charge >= 0.3 is 6.03 Å².